The van der Waals surface area contributed by atoms with Gasteiger partial charge >= 0.3 is 6.03 Å². The van der Waals surface area contributed by atoms with Crippen molar-refractivity contribution in [2.75, 3.05) is 45.6 Å². The van der Waals surface area contributed by atoms with Gasteiger partial charge in [0.1, 0.15) is 0 Å². The Hall–Kier alpha value is -1.39. The second-order valence-electron chi connectivity index (χ2n) is 6.02. The van der Waals surface area contributed by atoms with Crippen LogP contribution in [0.3, 0.4) is 0 Å². The van der Waals surface area contributed by atoms with Gasteiger partial charge < -0.3 is 15.4 Å². The van der Waals surface area contributed by atoms with Crippen molar-refractivity contribution in [1.29, 1.82) is 0 Å². The van der Waals surface area contributed by atoms with Gasteiger partial charge in [0.15, 0.2) is 0 Å². The molecule has 0 bridgehead atoms. The molecule has 0 spiro atoms. The van der Waals surface area contributed by atoms with Gasteiger partial charge in [-0.1, -0.05) is 0 Å². The summed E-state index contributed by atoms with van der Waals surface area (Å²) in [5.41, 5.74) is 0. The van der Waals surface area contributed by atoms with Crippen molar-refractivity contribution in [3.63, 3.8) is 0 Å². The number of fused-ring (bicyclic) bond motifs is 1. The average molecular weight is 362 g/mol. The van der Waals surface area contributed by atoms with E-state index in [1.165, 1.54) is 7.11 Å². The topological polar surface area (TPSA) is 108 Å². The summed E-state index contributed by atoms with van der Waals surface area (Å²) in [6.45, 7) is 3.66. The number of rotatable bonds is 6. The minimum absolute atomic E-state index is 0.0872. The first-order valence-electron chi connectivity index (χ1n) is 8.20. The predicted octanol–water partition coefficient (Wildman–Crippen LogP) is -1.04. The molecule has 10 heteroatoms. The lowest BCUT2D eigenvalue weighted by Gasteiger charge is -2.23. The molecular formula is C14H26N4O5S. The number of sulfonamides is 1. The fraction of sp³-hybridized carbons (Fsp3) is 0.857. The minimum atomic E-state index is -3.59. The van der Waals surface area contributed by atoms with Crippen molar-refractivity contribution in [2.24, 2.45) is 0 Å². The van der Waals surface area contributed by atoms with Crippen LogP contribution in [0.25, 0.3) is 0 Å². The van der Waals surface area contributed by atoms with E-state index in [0.29, 0.717) is 39.1 Å². The van der Waals surface area contributed by atoms with Gasteiger partial charge in [0.2, 0.25) is 10.0 Å². The fourth-order valence-corrected chi connectivity index (χ4v) is 4.65. The van der Waals surface area contributed by atoms with Crippen LogP contribution in [0.4, 0.5) is 4.79 Å². The van der Waals surface area contributed by atoms with Crippen LogP contribution in [0, 0.1) is 0 Å². The molecule has 3 amide bonds. The molecule has 2 N–H and O–H groups in total. The summed E-state index contributed by atoms with van der Waals surface area (Å²) in [5, 5.41) is 5.49. The van der Waals surface area contributed by atoms with Crippen LogP contribution < -0.4 is 10.6 Å². The number of nitrogens with one attached hydrogen (secondary N) is 2. The van der Waals surface area contributed by atoms with E-state index >= 15 is 0 Å². The van der Waals surface area contributed by atoms with Crippen LogP contribution in [0.1, 0.15) is 19.8 Å². The second-order valence-corrected chi connectivity index (χ2v) is 8.03. The first kappa shape index (κ1) is 18.9. The highest BCUT2D eigenvalue weighted by atomic mass is 32.2. The van der Waals surface area contributed by atoms with Gasteiger partial charge in [-0.15, -0.1) is 0 Å². The van der Waals surface area contributed by atoms with Crippen molar-refractivity contribution in [1.82, 2.24) is 19.8 Å². The number of carbonyl (C=O) groups excluding carboxylic acids is 2. The zero-order valence-corrected chi connectivity index (χ0v) is 15.0. The van der Waals surface area contributed by atoms with E-state index in [1.807, 2.05) is 11.8 Å². The van der Waals surface area contributed by atoms with Crippen molar-refractivity contribution in [2.45, 2.75) is 31.8 Å². The van der Waals surface area contributed by atoms with Gasteiger partial charge in [0.25, 0.3) is 5.91 Å². The molecule has 2 saturated heterocycles. The maximum Gasteiger partial charge on any atom is 0.315 e. The lowest BCUT2D eigenvalue weighted by molar-refractivity contribution is -0.130. The number of hydrogen-bond donors (Lipinski definition) is 2. The zero-order chi connectivity index (χ0) is 17.7. The van der Waals surface area contributed by atoms with E-state index in [0.717, 1.165) is 4.31 Å². The molecule has 2 atom stereocenters. The maximum absolute atomic E-state index is 12.7. The summed E-state index contributed by atoms with van der Waals surface area (Å²) < 4.78 is 30.6. The van der Waals surface area contributed by atoms with E-state index < -0.39 is 22.0 Å². The third-order valence-corrected chi connectivity index (χ3v) is 6.02. The molecule has 24 heavy (non-hydrogen) atoms. The Bertz CT molecular complexity index is 568. The van der Waals surface area contributed by atoms with E-state index in [-0.39, 0.29) is 24.4 Å². The van der Waals surface area contributed by atoms with Crippen LogP contribution in [-0.4, -0.2) is 87.3 Å². The van der Waals surface area contributed by atoms with Gasteiger partial charge in [-0.2, -0.15) is 0 Å². The monoisotopic (exact) mass is 362 g/mol. The average Bonchev–Trinajstić information content (AvgIpc) is 2.88. The molecular weight excluding hydrogens is 336 g/mol. The zero-order valence-electron chi connectivity index (χ0n) is 14.2. The first-order valence-corrected chi connectivity index (χ1v) is 9.81. The van der Waals surface area contributed by atoms with Crippen molar-refractivity contribution in [3.05, 3.63) is 0 Å². The Balaban J connectivity index is 2.05. The highest BCUT2D eigenvalue weighted by Gasteiger charge is 2.45. The van der Waals surface area contributed by atoms with Crippen molar-refractivity contribution < 1.29 is 22.7 Å². The lowest BCUT2D eigenvalue weighted by Crippen LogP contribution is -2.45. The van der Waals surface area contributed by atoms with Gasteiger partial charge in [-0.25, -0.2) is 17.5 Å². The smallest absolute Gasteiger partial charge is 0.315 e. The molecule has 2 unspecified atom stereocenters. The Morgan fingerprint density at radius 1 is 1.42 bits per heavy atom. The van der Waals surface area contributed by atoms with Gasteiger partial charge in [0, 0.05) is 45.9 Å². The molecule has 2 rings (SSSR count). The number of carbonyl (C=O) groups is 2. The minimum Gasteiger partial charge on any atom is -0.385 e. The molecule has 0 radical (unpaired) electrons. The third-order valence-electron chi connectivity index (χ3n) is 4.29. The van der Waals surface area contributed by atoms with Crippen molar-refractivity contribution in [3.8, 4) is 0 Å². The van der Waals surface area contributed by atoms with Gasteiger partial charge in [-0.05, 0) is 19.8 Å². The number of amides is 3. The molecule has 2 heterocycles. The maximum atomic E-state index is 12.7. The Morgan fingerprint density at radius 3 is 2.83 bits per heavy atom. The summed E-state index contributed by atoms with van der Waals surface area (Å²) in [6, 6.07) is -0.930. The summed E-state index contributed by atoms with van der Waals surface area (Å²) >= 11 is 0. The summed E-state index contributed by atoms with van der Waals surface area (Å²) in [4.78, 5) is 26.2. The van der Waals surface area contributed by atoms with Crippen LogP contribution in [0.5, 0.6) is 0 Å². The van der Waals surface area contributed by atoms with Crippen LogP contribution >= 0.6 is 0 Å². The standard InChI is InChI=1S/C14H26N4O5S/c1-3-15-14(20)16-11-9-12-13(19)18(5-4-7-23-2)24(21,22)8-6-17(12)10-11/h11-12H,3-10H2,1-2H3,(H2,15,16,20). The Kier molecular flexibility index (Phi) is 6.41. The first-order chi connectivity index (χ1) is 11.4. The third kappa shape index (κ3) is 4.37. The predicted molar refractivity (Wildman–Crippen MR) is 88.0 cm³/mol. The highest BCUT2D eigenvalue weighted by molar-refractivity contribution is 7.89. The molecule has 2 aliphatic heterocycles. The number of ether oxygens (including phenoxy) is 1. The number of methoxy groups -OCH3 is 1. The Labute approximate surface area is 142 Å². The SMILES string of the molecule is CCNC(=O)NC1CC2C(=O)N(CCCOC)S(=O)(=O)CCN2C1. The lowest BCUT2D eigenvalue weighted by atomic mass is 10.1. The van der Waals surface area contributed by atoms with E-state index in [9.17, 15) is 18.0 Å². The molecule has 138 valence electrons. The molecule has 0 aromatic rings. The summed E-state index contributed by atoms with van der Waals surface area (Å²) in [5.74, 6) is -0.486. The molecule has 2 aliphatic rings. The van der Waals surface area contributed by atoms with E-state index in [4.69, 9.17) is 4.74 Å². The molecule has 0 aliphatic carbocycles. The molecule has 0 aromatic carbocycles. The van der Waals surface area contributed by atoms with E-state index in [1.54, 1.807) is 0 Å². The molecule has 0 aromatic heterocycles. The molecule has 2 fully saturated rings. The quantitative estimate of drug-likeness (QED) is 0.584. The molecule has 0 saturated carbocycles. The van der Waals surface area contributed by atoms with Crippen LogP contribution in [0.15, 0.2) is 0 Å². The van der Waals surface area contributed by atoms with Gasteiger partial charge in [0.05, 0.1) is 11.8 Å². The summed E-state index contributed by atoms with van der Waals surface area (Å²) in [6.07, 6.45) is 0.890. The highest BCUT2D eigenvalue weighted by Crippen LogP contribution is 2.24. The van der Waals surface area contributed by atoms with Crippen LogP contribution in [-0.2, 0) is 19.6 Å². The second kappa shape index (κ2) is 8.13. The van der Waals surface area contributed by atoms with E-state index in [2.05, 4.69) is 10.6 Å². The normalized spacial score (nSPS) is 26.8. The fourth-order valence-electron chi connectivity index (χ4n) is 3.16. The van der Waals surface area contributed by atoms with Crippen molar-refractivity contribution >= 4 is 22.0 Å². The largest absolute Gasteiger partial charge is 0.385 e. The Morgan fingerprint density at radius 2 is 2.17 bits per heavy atom. The van der Waals surface area contributed by atoms with Gasteiger partial charge in [-0.3, -0.25) is 9.69 Å². The number of hydrogen-bond acceptors (Lipinski definition) is 6. The molecule has 9 nitrogen and oxygen atoms in total. The summed E-state index contributed by atoms with van der Waals surface area (Å²) in [7, 11) is -2.06. The number of nitrogens with zero attached hydrogens (tertiary/aromatic N) is 2. The number of urea groups is 1. The van der Waals surface area contributed by atoms with Crippen LogP contribution in [0.2, 0.25) is 0 Å².